The van der Waals surface area contributed by atoms with E-state index >= 15 is 0 Å². The number of nitrogens with two attached hydrogens (primary N) is 1. The van der Waals surface area contributed by atoms with Crippen molar-refractivity contribution in [3.63, 3.8) is 0 Å². The standard InChI is InChI=1S/C14H12ClN3O2/c15-10-3-1-2-9(8-10)13(19)17-11-4-6-12(7-5-11)18-14(16)20/h1-8H,(H,17,19)(H3,16,18,20). The highest BCUT2D eigenvalue weighted by Crippen LogP contribution is 2.16. The van der Waals surface area contributed by atoms with Gasteiger partial charge < -0.3 is 16.4 Å². The molecule has 3 amide bonds. The smallest absolute Gasteiger partial charge is 0.316 e. The van der Waals surface area contributed by atoms with Crippen molar-refractivity contribution < 1.29 is 9.59 Å². The number of hydrogen-bond acceptors (Lipinski definition) is 2. The van der Waals surface area contributed by atoms with E-state index in [0.29, 0.717) is 22.0 Å². The zero-order valence-corrected chi connectivity index (χ0v) is 11.1. The molecule has 2 rings (SSSR count). The Kier molecular flexibility index (Phi) is 4.22. The fourth-order valence-corrected chi connectivity index (χ4v) is 1.80. The molecule has 0 atom stereocenters. The maximum Gasteiger partial charge on any atom is 0.316 e. The lowest BCUT2D eigenvalue weighted by molar-refractivity contribution is 0.102. The Labute approximate surface area is 120 Å². The number of urea groups is 1. The van der Waals surface area contributed by atoms with Crippen LogP contribution in [0.25, 0.3) is 0 Å². The van der Waals surface area contributed by atoms with Gasteiger partial charge in [-0.15, -0.1) is 0 Å². The van der Waals surface area contributed by atoms with Crippen molar-refractivity contribution in [2.24, 2.45) is 5.73 Å². The minimum atomic E-state index is -0.638. The van der Waals surface area contributed by atoms with Gasteiger partial charge in [0, 0.05) is 22.0 Å². The molecular weight excluding hydrogens is 278 g/mol. The van der Waals surface area contributed by atoms with Crippen molar-refractivity contribution in [3.8, 4) is 0 Å². The molecule has 0 aliphatic carbocycles. The van der Waals surface area contributed by atoms with Gasteiger partial charge in [0.1, 0.15) is 0 Å². The lowest BCUT2D eigenvalue weighted by atomic mass is 10.2. The third-order valence-electron chi connectivity index (χ3n) is 2.50. The predicted octanol–water partition coefficient (Wildman–Crippen LogP) is 3.08. The number of anilines is 2. The molecular formula is C14H12ClN3O2. The van der Waals surface area contributed by atoms with E-state index in [0.717, 1.165) is 0 Å². The van der Waals surface area contributed by atoms with Crippen molar-refractivity contribution in [2.75, 3.05) is 10.6 Å². The number of amides is 3. The first-order valence-electron chi connectivity index (χ1n) is 5.78. The van der Waals surface area contributed by atoms with Crippen molar-refractivity contribution in [3.05, 3.63) is 59.1 Å². The van der Waals surface area contributed by atoms with E-state index in [9.17, 15) is 9.59 Å². The molecule has 0 saturated heterocycles. The Morgan fingerprint density at radius 2 is 1.55 bits per heavy atom. The van der Waals surface area contributed by atoms with E-state index in [4.69, 9.17) is 17.3 Å². The zero-order chi connectivity index (χ0) is 14.5. The SMILES string of the molecule is NC(=O)Nc1ccc(NC(=O)c2cccc(Cl)c2)cc1. The first kappa shape index (κ1) is 13.9. The highest BCUT2D eigenvalue weighted by Gasteiger charge is 2.06. The number of benzene rings is 2. The average molecular weight is 290 g/mol. The first-order valence-corrected chi connectivity index (χ1v) is 6.16. The lowest BCUT2D eigenvalue weighted by Gasteiger charge is -2.07. The third kappa shape index (κ3) is 3.73. The highest BCUT2D eigenvalue weighted by atomic mass is 35.5. The number of carbonyl (C=O) groups excluding carboxylic acids is 2. The van der Waals surface area contributed by atoms with Crippen LogP contribution in [-0.2, 0) is 0 Å². The summed E-state index contributed by atoms with van der Waals surface area (Å²) in [5, 5.41) is 5.66. The summed E-state index contributed by atoms with van der Waals surface area (Å²) in [5.41, 5.74) is 6.63. The van der Waals surface area contributed by atoms with Gasteiger partial charge in [-0.05, 0) is 42.5 Å². The molecule has 0 fully saturated rings. The largest absolute Gasteiger partial charge is 0.351 e. The highest BCUT2D eigenvalue weighted by molar-refractivity contribution is 6.31. The number of rotatable bonds is 3. The molecule has 0 heterocycles. The van der Waals surface area contributed by atoms with Gasteiger partial charge in [0.2, 0.25) is 0 Å². The molecule has 20 heavy (non-hydrogen) atoms. The molecule has 0 aliphatic rings. The van der Waals surface area contributed by atoms with Gasteiger partial charge in [0.05, 0.1) is 0 Å². The van der Waals surface area contributed by atoms with Gasteiger partial charge in [-0.2, -0.15) is 0 Å². The number of primary amides is 1. The van der Waals surface area contributed by atoms with Gasteiger partial charge in [0.15, 0.2) is 0 Å². The maximum absolute atomic E-state index is 12.0. The van der Waals surface area contributed by atoms with E-state index in [-0.39, 0.29) is 5.91 Å². The third-order valence-corrected chi connectivity index (χ3v) is 2.73. The van der Waals surface area contributed by atoms with Crippen molar-refractivity contribution in [1.82, 2.24) is 0 Å². The van der Waals surface area contributed by atoms with Crippen LogP contribution >= 0.6 is 11.6 Å². The van der Waals surface area contributed by atoms with Crippen LogP contribution in [0.3, 0.4) is 0 Å². The van der Waals surface area contributed by atoms with Gasteiger partial charge in [0.25, 0.3) is 5.91 Å². The van der Waals surface area contributed by atoms with Crippen molar-refractivity contribution in [1.29, 1.82) is 0 Å². The second-order valence-electron chi connectivity index (χ2n) is 4.03. The van der Waals surface area contributed by atoms with Crippen LogP contribution in [0.2, 0.25) is 5.02 Å². The molecule has 0 bridgehead atoms. The Balaban J connectivity index is 2.06. The van der Waals surface area contributed by atoms with E-state index in [1.807, 2.05) is 0 Å². The van der Waals surface area contributed by atoms with Crippen LogP contribution in [0.4, 0.5) is 16.2 Å². The van der Waals surface area contributed by atoms with Gasteiger partial charge in [-0.25, -0.2) is 4.79 Å². The van der Waals surface area contributed by atoms with Crippen LogP contribution < -0.4 is 16.4 Å². The molecule has 2 aromatic rings. The maximum atomic E-state index is 12.0. The average Bonchev–Trinajstić information content (AvgIpc) is 2.40. The topological polar surface area (TPSA) is 84.2 Å². The molecule has 0 aliphatic heterocycles. The summed E-state index contributed by atoms with van der Waals surface area (Å²) < 4.78 is 0. The summed E-state index contributed by atoms with van der Waals surface area (Å²) in [6.07, 6.45) is 0. The minimum absolute atomic E-state index is 0.261. The van der Waals surface area contributed by atoms with Crippen molar-refractivity contribution in [2.45, 2.75) is 0 Å². The number of halogens is 1. The Morgan fingerprint density at radius 3 is 2.10 bits per heavy atom. The Hall–Kier alpha value is -2.53. The molecule has 0 unspecified atom stereocenters. The number of carbonyl (C=O) groups is 2. The van der Waals surface area contributed by atoms with Gasteiger partial charge >= 0.3 is 6.03 Å². The molecule has 0 saturated carbocycles. The van der Waals surface area contributed by atoms with Gasteiger partial charge in [-0.3, -0.25) is 4.79 Å². The van der Waals surface area contributed by atoms with Crippen LogP contribution in [-0.4, -0.2) is 11.9 Å². The summed E-state index contributed by atoms with van der Waals surface area (Å²) in [6, 6.07) is 12.6. The van der Waals surface area contributed by atoms with Crippen LogP contribution in [0, 0.1) is 0 Å². The predicted molar refractivity (Wildman–Crippen MR) is 79.1 cm³/mol. The molecule has 5 nitrogen and oxygen atoms in total. The first-order chi connectivity index (χ1) is 9.54. The molecule has 0 spiro atoms. The summed E-state index contributed by atoms with van der Waals surface area (Å²) in [4.78, 5) is 22.6. The second-order valence-corrected chi connectivity index (χ2v) is 4.47. The normalized spacial score (nSPS) is 9.85. The molecule has 0 radical (unpaired) electrons. The quantitative estimate of drug-likeness (QED) is 0.811. The van der Waals surface area contributed by atoms with E-state index < -0.39 is 6.03 Å². The molecule has 6 heteroatoms. The van der Waals surface area contributed by atoms with Crippen molar-refractivity contribution >= 4 is 34.9 Å². The fourth-order valence-electron chi connectivity index (χ4n) is 1.61. The van der Waals surface area contributed by atoms with E-state index in [1.54, 1.807) is 48.5 Å². The van der Waals surface area contributed by atoms with Crippen LogP contribution in [0.15, 0.2) is 48.5 Å². The number of hydrogen-bond donors (Lipinski definition) is 3. The Morgan fingerprint density at radius 1 is 0.950 bits per heavy atom. The summed E-state index contributed by atoms with van der Waals surface area (Å²) >= 11 is 5.83. The van der Waals surface area contributed by atoms with Crippen LogP contribution in [0.1, 0.15) is 10.4 Å². The summed E-state index contributed by atoms with van der Waals surface area (Å²) in [6.45, 7) is 0. The zero-order valence-electron chi connectivity index (χ0n) is 10.4. The van der Waals surface area contributed by atoms with Gasteiger partial charge in [-0.1, -0.05) is 17.7 Å². The van der Waals surface area contributed by atoms with E-state index in [2.05, 4.69) is 10.6 Å². The lowest BCUT2D eigenvalue weighted by Crippen LogP contribution is -2.19. The number of nitrogens with one attached hydrogen (secondary N) is 2. The molecule has 2 aromatic carbocycles. The second kappa shape index (κ2) is 6.08. The summed E-state index contributed by atoms with van der Waals surface area (Å²) in [7, 11) is 0. The molecule has 0 aromatic heterocycles. The Bertz CT molecular complexity index is 641. The minimum Gasteiger partial charge on any atom is -0.351 e. The molecule has 102 valence electrons. The van der Waals surface area contributed by atoms with Crippen LogP contribution in [0.5, 0.6) is 0 Å². The summed E-state index contributed by atoms with van der Waals surface area (Å²) in [5.74, 6) is -0.261. The molecule has 4 N–H and O–H groups in total. The fraction of sp³-hybridized carbons (Fsp3) is 0. The monoisotopic (exact) mass is 289 g/mol. The van der Waals surface area contributed by atoms with E-state index in [1.165, 1.54) is 0 Å².